The number of hydrogen-bond acceptors (Lipinski definition) is 2. The van der Waals surface area contributed by atoms with Gasteiger partial charge in [-0.1, -0.05) is 47.5 Å². The summed E-state index contributed by atoms with van der Waals surface area (Å²) < 4.78 is 5.57. The average molecular weight is 352 g/mol. The molecule has 0 spiro atoms. The molecule has 3 nitrogen and oxygen atoms in total. The molecule has 0 aliphatic carbocycles. The van der Waals surface area contributed by atoms with Crippen molar-refractivity contribution in [2.45, 2.75) is 25.9 Å². The molecule has 0 fully saturated rings. The van der Waals surface area contributed by atoms with Crippen LogP contribution in [0.3, 0.4) is 0 Å². The lowest BCUT2D eigenvalue weighted by molar-refractivity contribution is -0.127. The molecule has 2 rings (SSSR count). The number of hydrogen-bond donors (Lipinski definition) is 1. The van der Waals surface area contributed by atoms with Crippen molar-refractivity contribution in [1.82, 2.24) is 5.32 Å². The first kappa shape index (κ1) is 17.6. The van der Waals surface area contributed by atoms with Crippen LogP contribution in [0.4, 0.5) is 0 Å². The minimum atomic E-state index is -0.575. The summed E-state index contributed by atoms with van der Waals surface area (Å²) >= 11 is 12.0. The van der Waals surface area contributed by atoms with Crippen molar-refractivity contribution in [3.63, 3.8) is 0 Å². The Hall–Kier alpha value is -1.71. The molecular weight excluding hydrogens is 333 g/mol. The number of halogens is 2. The Morgan fingerprint density at radius 3 is 2.70 bits per heavy atom. The zero-order valence-corrected chi connectivity index (χ0v) is 14.4. The highest BCUT2D eigenvalue weighted by atomic mass is 35.5. The van der Waals surface area contributed by atoms with Gasteiger partial charge < -0.3 is 10.1 Å². The third-order valence-electron chi connectivity index (χ3n) is 3.36. The standard InChI is InChI=1S/C18H19Cl2NO2/c1-13(23-16-9-4-8-15(19)12-16)18(22)21-11-5-7-14-6-2-3-10-17(14)20/h2-4,6,8-10,12-13H,5,7,11H2,1H3,(H,21,22)/t13-/m0/s1. The van der Waals surface area contributed by atoms with Crippen LogP contribution in [-0.2, 0) is 11.2 Å². The molecule has 0 aromatic heterocycles. The summed E-state index contributed by atoms with van der Waals surface area (Å²) in [6.07, 6.45) is 1.07. The number of benzene rings is 2. The number of rotatable bonds is 7. The topological polar surface area (TPSA) is 38.3 Å². The van der Waals surface area contributed by atoms with Crippen LogP contribution in [0.25, 0.3) is 0 Å². The molecule has 0 aliphatic rings. The van der Waals surface area contributed by atoms with Gasteiger partial charge in [-0.15, -0.1) is 0 Å². The van der Waals surface area contributed by atoms with Crippen molar-refractivity contribution in [3.05, 3.63) is 64.1 Å². The van der Waals surface area contributed by atoms with E-state index in [2.05, 4.69) is 5.32 Å². The van der Waals surface area contributed by atoms with E-state index in [1.807, 2.05) is 24.3 Å². The number of carbonyl (C=O) groups excluding carboxylic acids is 1. The normalized spacial score (nSPS) is 11.8. The third kappa shape index (κ3) is 5.77. The lowest BCUT2D eigenvalue weighted by Crippen LogP contribution is -2.36. The van der Waals surface area contributed by atoms with E-state index in [0.29, 0.717) is 17.3 Å². The maximum absolute atomic E-state index is 12.0. The zero-order chi connectivity index (χ0) is 16.7. The summed E-state index contributed by atoms with van der Waals surface area (Å²) in [6.45, 7) is 2.29. The molecule has 1 atom stereocenters. The van der Waals surface area contributed by atoms with Crippen molar-refractivity contribution in [2.75, 3.05) is 6.54 Å². The van der Waals surface area contributed by atoms with E-state index in [1.165, 1.54) is 0 Å². The molecular formula is C18H19Cl2NO2. The van der Waals surface area contributed by atoms with E-state index in [4.69, 9.17) is 27.9 Å². The molecule has 0 heterocycles. The molecule has 0 saturated carbocycles. The summed E-state index contributed by atoms with van der Waals surface area (Å²) in [7, 11) is 0. The van der Waals surface area contributed by atoms with Crippen LogP contribution in [0.15, 0.2) is 48.5 Å². The maximum Gasteiger partial charge on any atom is 0.260 e. The molecule has 0 unspecified atom stereocenters. The van der Waals surface area contributed by atoms with Gasteiger partial charge in [-0.2, -0.15) is 0 Å². The van der Waals surface area contributed by atoms with E-state index in [-0.39, 0.29) is 5.91 Å². The van der Waals surface area contributed by atoms with E-state index in [1.54, 1.807) is 31.2 Å². The number of amides is 1. The molecule has 122 valence electrons. The smallest absolute Gasteiger partial charge is 0.260 e. The van der Waals surface area contributed by atoms with E-state index in [0.717, 1.165) is 23.4 Å². The Bertz CT molecular complexity index is 661. The minimum absolute atomic E-state index is 0.149. The fraction of sp³-hybridized carbons (Fsp3) is 0.278. The second-order valence-electron chi connectivity index (χ2n) is 5.20. The molecule has 2 aromatic rings. The summed E-state index contributed by atoms with van der Waals surface area (Å²) in [5.41, 5.74) is 1.09. The average Bonchev–Trinajstić information content (AvgIpc) is 2.53. The Balaban J connectivity index is 1.73. The molecule has 0 saturated heterocycles. The quantitative estimate of drug-likeness (QED) is 0.745. The molecule has 23 heavy (non-hydrogen) atoms. The van der Waals surface area contributed by atoms with E-state index < -0.39 is 6.10 Å². The molecule has 0 aliphatic heterocycles. The molecule has 5 heteroatoms. The fourth-order valence-corrected chi connectivity index (χ4v) is 2.54. The van der Waals surface area contributed by atoms with Crippen molar-refractivity contribution < 1.29 is 9.53 Å². The number of ether oxygens (including phenoxy) is 1. The van der Waals surface area contributed by atoms with E-state index >= 15 is 0 Å². The van der Waals surface area contributed by atoms with Gasteiger partial charge in [0.05, 0.1) is 0 Å². The third-order valence-corrected chi connectivity index (χ3v) is 3.96. The van der Waals surface area contributed by atoms with Crippen LogP contribution >= 0.6 is 23.2 Å². The van der Waals surface area contributed by atoms with Gasteiger partial charge in [-0.3, -0.25) is 4.79 Å². The molecule has 1 N–H and O–H groups in total. The van der Waals surface area contributed by atoms with Crippen LogP contribution in [0.1, 0.15) is 18.9 Å². The molecule has 2 aromatic carbocycles. The van der Waals surface area contributed by atoms with Gasteiger partial charge in [0, 0.05) is 16.6 Å². The molecule has 1 amide bonds. The zero-order valence-electron chi connectivity index (χ0n) is 12.9. The monoisotopic (exact) mass is 351 g/mol. The summed E-state index contributed by atoms with van der Waals surface area (Å²) in [5, 5.41) is 4.21. The Morgan fingerprint density at radius 1 is 1.17 bits per heavy atom. The second-order valence-corrected chi connectivity index (χ2v) is 6.05. The molecule has 0 bridgehead atoms. The van der Waals surface area contributed by atoms with Gasteiger partial charge in [-0.05, 0) is 49.6 Å². The van der Waals surface area contributed by atoms with E-state index in [9.17, 15) is 4.79 Å². The van der Waals surface area contributed by atoms with Crippen LogP contribution in [-0.4, -0.2) is 18.6 Å². The first-order valence-electron chi connectivity index (χ1n) is 7.49. The van der Waals surface area contributed by atoms with Gasteiger partial charge in [0.1, 0.15) is 5.75 Å². The predicted octanol–water partition coefficient (Wildman–Crippen LogP) is 4.51. The first-order valence-corrected chi connectivity index (χ1v) is 8.25. The Morgan fingerprint density at radius 2 is 1.96 bits per heavy atom. The van der Waals surface area contributed by atoms with Crippen molar-refractivity contribution in [2.24, 2.45) is 0 Å². The van der Waals surface area contributed by atoms with Crippen molar-refractivity contribution >= 4 is 29.1 Å². The highest BCUT2D eigenvalue weighted by molar-refractivity contribution is 6.31. The van der Waals surface area contributed by atoms with Crippen LogP contribution in [0.5, 0.6) is 5.75 Å². The number of aryl methyl sites for hydroxylation is 1. The van der Waals surface area contributed by atoms with Crippen molar-refractivity contribution in [1.29, 1.82) is 0 Å². The predicted molar refractivity (Wildman–Crippen MR) is 94.3 cm³/mol. The van der Waals surface area contributed by atoms with Crippen LogP contribution < -0.4 is 10.1 Å². The van der Waals surface area contributed by atoms with Gasteiger partial charge >= 0.3 is 0 Å². The highest BCUT2D eigenvalue weighted by Gasteiger charge is 2.14. The highest BCUT2D eigenvalue weighted by Crippen LogP contribution is 2.18. The lowest BCUT2D eigenvalue weighted by Gasteiger charge is -2.15. The van der Waals surface area contributed by atoms with Gasteiger partial charge in [0.2, 0.25) is 0 Å². The number of carbonyl (C=O) groups is 1. The van der Waals surface area contributed by atoms with Gasteiger partial charge in [0.25, 0.3) is 5.91 Å². The SMILES string of the molecule is C[C@H](Oc1cccc(Cl)c1)C(=O)NCCCc1ccccc1Cl. The fourth-order valence-electron chi connectivity index (χ4n) is 2.13. The second kappa shape index (κ2) is 8.80. The van der Waals surface area contributed by atoms with Crippen LogP contribution in [0.2, 0.25) is 10.0 Å². The first-order chi connectivity index (χ1) is 11.1. The van der Waals surface area contributed by atoms with Crippen molar-refractivity contribution in [3.8, 4) is 5.75 Å². The summed E-state index contributed by atoms with van der Waals surface area (Å²) in [4.78, 5) is 12.0. The van der Waals surface area contributed by atoms with Crippen LogP contribution in [0, 0.1) is 0 Å². The minimum Gasteiger partial charge on any atom is -0.481 e. The summed E-state index contributed by atoms with van der Waals surface area (Å²) in [5.74, 6) is 0.431. The number of nitrogens with one attached hydrogen (secondary N) is 1. The Kier molecular flexibility index (Phi) is 6.75. The summed E-state index contributed by atoms with van der Waals surface area (Å²) in [6, 6.07) is 14.7. The molecule has 0 radical (unpaired) electrons. The largest absolute Gasteiger partial charge is 0.481 e. The maximum atomic E-state index is 12.0. The lowest BCUT2D eigenvalue weighted by atomic mass is 10.1. The van der Waals surface area contributed by atoms with Gasteiger partial charge in [0.15, 0.2) is 6.10 Å². The van der Waals surface area contributed by atoms with Gasteiger partial charge in [-0.25, -0.2) is 0 Å². The Labute approximate surface area is 146 Å².